The van der Waals surface area contributed by atoms with Crippen LogP contribution in [0.3, 0.4) is 0 Å². The Morgan fingerprint density at radius 1 is 1.29 bits per heavy atom. The van der Waals surface area contributed by atoms with Gasteiger partial charge >= 0.3 is 0 Å². The van der Waals surface area contributed by atoms with Crippen molar-refractivity contribution in [1.29, 1.82) is 0 Å². The van der Waals surface area contributed by atoms with Crippen molar-refractivity contribution in [3.63, 3.8) is 0 Å². The smallest absolute Gasteiger partial charge is 0.00927 e. The fourth-order valence-corrected chi connectivity index (χ4v) is 2.96. The average molecular weight is 196 g/mol. The molecule has 1 N–H and O–H groups in total. The number of rotatable bonds is 3. The van der Waals surface area contributed by atoms with Crippen molar-refractivity contribution in [2.75, 3.05) is 26.2 Å². The molecule has 0 saturated carbocycles. The highest BCUT2D eigenvalue weighted by Gasteiger charge is 2.24. The summed E-state index contributed by atoms with van der Waals surface area (Å²) >= 11 is 0. The highest BCUT2D eigenvalue weighted by molar-refractivity contribution is 4.81. The molecule has 0 amide bonds. The van der Waals surface area contributed by atoms with Gasteiger partial charge in [-0.1, -0.05) is 13.3 Å². The van der Waals surface area contributed by atoms with Gasteiger partial charge in [-0.05, 0) is 51.2 Å². The Morgan fingerprint density at radius 2 is 2.21 bits per heavy atom. The van der Waals surface area contributed by atoms with Crippen LogP contribution in [0.4, 0.5) is 0 Å². The summed E-state index contributed by atoms with van der Waals surface area (Å²) in [5.74, 6) is 0.933. The lowest BCUT2D eigenvalue weighted by Gasteiger charge is -2.36. The van der Waals surface area contributed by atoms with E-state index in [9.17, 15) is 0 Å². The van der Waals surface area contributed by atoms with Gasteiger partial charge in [-0.25, -0.2) is 0 Å². The molecule has 2 atom stereocenters. The molecule has 82 valence electrons. The minimum absolute atomic E-state index is 0.893. The lowest BCUT2D eigenvalue weighted by atomic mass is 9.98. The van der Waals surface area contributed by atoms with Gasteiger partial charge in [0.25, 0.3) is 0 Å². The van der Waals surface area contributed by atoms with Crippen molar-refractivity contribution in [3.05, 3.63) is 0 Å². The first kappa shape index (κ1) is 10.4. The van der Waals surface area contributed by atoms with E-state index in [0.717, 1.165) is 12.0 Å². The second kappa shape index (κ2) is 5.13. The van der Waals surface area contributed by atoms with E-state index < -0.39 is 0 Å². The van der Waals surface area contributed by atoms with Crippen molar-refractivity contribution in [2.45, 2.75) is 45.1 Å². The van der Waals surface area contributed by atoms with Crippen LogP contribution in [-0.2, 0) is 0 Å². The molecule has 0 radical (unpaired) electrons. The second-order valence-electron chi connectivity index (χ2n) is 4.91. The van der Waals surface area contributed by atoms with Crippen LogP contribution in [0, 0.1) is 5.92 Å². The molecule has 0 aromatic heterocycles. The third-order valence-corrected chi connectivity index (χ3v) is 3.88. The Morgan fingerprint density at radius 3 is 2.93 bits per heavy atom. The van der Waals surface area contributed by atoms with Gasteiger partial charge in [-0.3, -0.25) is 0 Å². The van der Waals surface area contributed by atoms with E-state index in [2.05, 4.69) is 17.1 Å². The maximum absolute atomic E-state index is 3.47. The molecule has 2 nitrogen and oxygen atoms in total. The number of piperidine rings is 1. The van der Waals surface area contributed by atoms with Crippen molar-refractivity contribution >= 4 is 0 Å². The molecular formula is C12H24N2. The highest BCUT2D eigenvalue weighted by atomic mass is 15.2. The Balaban J connectivity index is 1.81. The Bertz CT molecular complexity index is 164. The molecule has 0 aromatic carbocycles. The van der Waals surface area contributed by atoms with E-state index in [-0.39, 0.29) is 0 Å². The van der Waals surface area contributed by atoms with Crippen LogP contribution in [0.1, 0.15) is 39.0 Å². The first-order valence-corrected chi connectivity index (χ1v) is 6.35. The molecule has 0 unspecified atom stereocenters. The Hall–Kier alpha value is -0.0800. The van der Waals surface area contributed by atoms with Crippen LogP contribution >= 0.6 is 0 Å². The summed E-state index contributed by atoms with van der Waals surface area (Å²) in [6.45, 7) is 7.55. The molecule has 2 saturated heterocycles. The molecule has 2 heterocycles. The molecule has 2 aliphatic rings. The predicted molar refractivity (Wildman–Crippen MR) is 60.5 cm³/mol. The fraction of sp³-hybridized carbons (Fsp3) is 1.00. The van der Waals surface area contributed by atoms with E-state index in [1.54, 1.807) is 0 Å². The maximum atomic E-state index is 3.47. The summed E-state index contributed by atoms with van der Waals surface area (Å²) < 4.78 is 0. The van der Waals surface area contributed by atoms with Crippen LogP contribution in [0.5, 0.6) is 0 Å². The van der Waals surface area contributed by atoms with E-state index in [1.165, 1.54) is 58.3 Å². The van der Waals surface area contributed by atoms with Crippen molar-refractivity contribution in [1.82, 2.24) is 10.2 Å². The highest BCUT2D eigenvalue weighted by Crippen LogP contribution is 2.22. The minimum atomic E-state index is 0.893. The van der Waals surface area contributed by atoms with Crippen LogP contribution < -0.4 is 5.32 Å². The molecule has 0 bridgehead atoms. The normalized spacial score (nSPS) is 34.9. The topological polar surface area (TPSA) is 15.3 Å². The van der Waals surface area contributed by atoms with E-state index >= 15 is 0 Å². The fourth-order valence-electron chi connectivity index (χ4n) is 2.96. The molecule has 0 aliphatic carbocycles. The van der Waals surface area contributed by atoms with Crippen molar-refractivity contribution in [3.8, 4) is 0 Å². The largest absolute Gasteiger partial charge is 0.316 e. The second-order valence-corrected chi connectivity index (χ2v) is 4.91. The zero-order valence-electron chi connectivity index (χ0n) is 9.47. The van der Waals surface area contributed by atoms with Gasteiger partial charge in [0.15, 0.2) is 0 Å². The zero-order chi connectivity index (χ0) is 9.80. The monoisotopic (exact) mass is 196 g/mol. The summed E-state index contributed by atoms with van der Waals surface area (Å²) in [7, 11) is 0. The standard InChI is InChI=1S/C12H24N2/c1-2-12-5-3-4-8-14(12)10-11-6-7-13-9-11/h11-13H,2-10H2,1H3/t11-,12+/m0/s1. The van der Waals surface area contributed by atoms with Crippen LogP contribution in [0.15, 0.2) is 0 Å². The predicted octanol–water partition coefficient (Wildman–Crippen LogP) is 1.86. The maximum Gasteiger partial charge on any atom is 0.00927 e. The zero-order valence-corrected chi connectivity index (χ0v) is 9.47. The quantitative estimate of drug-likeness (QED) is 0.741. The summed E-state index contributed by atoms with van der Waals surface area (Å²) in [6.07, 6.45) is 7.07. The van der Waals surface area contributed by atoms with Gasteiger partial charge in [-0.2, -0.15) is 0 Å². The number of hydrogen-bond acceptors (Lipinski definition) is 2. The van der Waals surface area contributed by atoms with Gasteiger partial charge in [0.1, 0.15) is 0 Å². The number of likely N-dealkylation sites (tertiary alicyclic amines) is 1. The van der Waals surface area contributed by atoms with Crippen LogP contribution in [0.25, 0.3) is 0 Å². The minimum Gasteiger partial charge on any atom is -0.316 e. The van der Waals surface area contributed by atoms with E-state index in [4.69, 9.17) is 0 Å². The molecule has 0 aromatic rings. The van der Waals surface area contributed by atoms with Gasteiger partial charge in [-0.15, -0.1) is 0 Å². The third kappa shape index (κ3) is 2.48. The average Bonchev–Trinajstić information content (AvgIpc) is 2.71. The lowest BCUT2D eigenvalue weighted by molar-refractivity contribution is 0.125. The molecule has 2 rings (SSSR count). The molecule has 2 fully saturated rings. The van der Waals surface area contributed by atoms with Gasteiger partial charge in [0, 0.05) is 12.6 Å². The summed E-state index contributed by atoms with van der Waals surface area (Å²) in [5.41, 5.74) is 0. The number of hydrogen-bond donors (Lipinski definition) is 1. The third-order valence-electron chi connectivity index (χ3n) is 3.88. The van der Waals surface area contributed by atoms with E-state index in [1.807, 2.05) is 0 Å². The summed E-state index contributed by atoms with van der Waals surface area (Å²) in [4.78, 5) is 2.75. The summed E-state index contributed by atoms with van der Waals surface area (Å²) in [6, 6.07) is 0.893. The van der Waals surface area contributed by atoms with Gasteiger partial charge in [0.05, 0.1) is 0 Å². The van der Waals surface area contributed by atoms with Crippen LogP contribution in [0.2, 0.25) is 0 Å². The van der Waals surface area contributed by atoms with Gasteiger partial charge < -0.3 is 10.2 Å². The molecule has 14 heavy (non-hydrogen) atoms. The Kier molecular flexibility index (Phi) is 3.82. The van der Waals surface area contributed by atoms with Crippen LogP contribution in [-0.4, -0.2) is 37.1 Å². The molecule has 2 heteroatoms. The van der Waals surface area contributed by atoms with Gasteiger partial charge in [0.2, 0.25) is 0 Å². The SMILES string of the molecule is CC[C@@H]1CCCCN1C[C@H]1CCNC1. The lowest BCUT2D eigenvalue weighted by Crippen LogP contribution is -2.42. The molecular weight excluding hydrogens is 172 g/mol. The summed E-state index contributed by atoms with van der Waals surface area (Å²) in [5, 5.41) is 3.47. The first-order chi connectivity index (χ1) is 6.90. The molecule has 0 spiro atoms. The molecule has 2 aliphatic heterocycles. The Labute approximate surface area is 88.1 Å². The number of nitrogens with one attached hydrogen (secondary N) is 1. The van der Waals surface area contributed by atoms with E-state index in [0.29, 0.717) is 0 Å². The first-order valence-electron chi connectivity index (χ1n) is 6.35. The van der Waals surface area contributed by atoms with Crippen molar-refractivity contribution in [2.24, 2.45) is 5.92 Å². The number of nitrogens with zero attached hydrogens (tertiary/aromatic N) is 1. The van der Waals surface area contributed by atoms with Crippen molar-refractivity contribution < 1.29 is 0 Å².